The first-order chi connectivity index (χ1) is 6.72. The quantitative estimate of drug-likeness (QED) is 0.741. The van der Waals surface area contributed by atoms with Gasteiger partial charge in [0.25, 0.3) is 6.01 Å². The van der Waals surface area contributed by atoms with E-state index in [2.05, 4.69) is 15.0 Å². The van der Waals surface area contributed by atoms with Gasteiger partial charge in [-0.05, 0) is 6.08 Å². The Morgan fingerprint density at radius 2 is 2.64 bits per heavy atom. The van der Waals surface area contributed by atoms with Gasteiger partial charge in [0, 0.05) is 6.54 Å². The van der Waals surface area contributed by atoms with Gasteiger partial charge in [0.1, 0.15) is 5.76 Å². The number of oxazole rings is 1. The fraction of sp³-hybridized carbons (Fsp3) is 0.250. The molecule has 1 aromatic rings. The van der Waals surface area contributed by atoms with E-state index in [1.54, 1.807) is 12.2 Å². The number of amides is 1. The third-order valence-electron chi connectivity index (χ3n) is 1.37. The number of hydrogen-bond donors (Lipinski definition) is 2. The Kier molecular flexibility index (Phi) is 3.54. The SMILES string of the molecule is COC(=O)NC/C=C\c1cnc(N)o1. The first-order valence-corrected chi connectivity index (χ1v) is 3.92. The van der Waals surface area contributed by atoms with Crippen LogP contribution in [-0.2, 0) is 4.74 Å². The molecule has 0 aliphatic carbocycles. The second-order valence-electron chi connectivity index (χ2n) is 2.38. The molecular weight excluding hydrogens is 186 g/mol. The normalized spacial score (nSPS) is 10.4. The van der Waals surface area contributed by atoms with Gasteiger partial charge in [-0.1, -0.05) is 6.08 Å². The van der Waals surface area contributed by atoms with Crippen LogP contribution in [0.4, 0.5) is 10.8 Å². The van der Waals surface area contributed by atoms with E-state index < -0.39 is 6.09 Å². The topological polar surface area (TPSA) is 90.4 Å². The molecule has 0 spiro atoms. The van der Waals surface area contributed by atoms with E-state index in [1.165, 1.54) is 13.3 Å². The van der Waals surface area contributed by atoms with Crippen molar-refractivity contribution in [3.05, 3.63) is 18.0 Å². The van der Waals surface area contributed by atoms with Crippen molar-refractivity contribution in [2.45, 2.75) is 0 Å². The third-order valence-corrected chi connectivity index (χ3v) is 1.37. The maximum atomic E-state index is 10.6. The zero-order valence-electron chi connectivity index (χ0n) is 7.69. The van der Waals surface area contributed by atoms with Gasteiger partial charge in [0.05, 0.1) is 13.3 Å². The van der Waals surface area contributed by atoms with Gasteiger partial charge < -0.3 is 20.2 Å². The van der Waals surface area contributed by atoms with E-state index >= 15 is 0 Å². The number of rotatable bonds is 3. The molecule has 6 nitrogen and oxygen atoms in total. The number of carbonyl (C=O) groups excluding carboxylic acids is 1. The molecule has 0 fully saturated rings. The lowest BCUT2D eigenvalue weighted by Gasteiger charge is -1.97. The first kappa shape index (κ1) is 10.1. The Morgan fingerprint density at radius 1 is 1.86 bits per heavy atom. The molecule has 0 aliphatic heterocycles. The fourth-order valence-corrected chi connectivity index (χ4v) is 0.767. The van der Waals surface area contributed by atoms with Gasteiger partial charge >= 0.3 is 6.09 Å². The second kappa shape index (κ2) is 4.90. The number of nitrogen functional groups attached to an aromatic ring is 1. The summed E-state index contributed by atoms with van der Waals surface area (Å²) in [6.07, 6.45) is 4.35. The van der Waals surface area contributed by atoms with E-state index in [1.807, 2.05) is 0 Å². The molecule has 0 radical (unpaired) electrons. The predicted octanol–water partition coefficient (Wildman–Crippen LogP) is 0.626. The zero-order chi connectivity index (χ0) is 10.4. The van der Waals surface area contributed by atoms with Crippen LogP contribution in [0.15, 0.2) is 16.7 Å². The number of ether oxygens (including phenoxy) is 1. The number of methoxy groups -OCH3 is 1. The van der Waals surface area contributed by atoms with Crippen LogP contribution < -0.4 is 11.1 Å². The van der Waals surface area contributed by atoms with E-state index in [-0.39, 0.29) is 6.01 Å². The fourth-order valence-electron chi connectivity index (χ4n) is 0.767. The summed E-state index contributed by atoms with van der Waals surface area (Å²) in [6.45, 7) is 0.354. The number of nitrogens with two attached hydrogens (primary N) is 1. The Hall–Kier alpha value is -1.98. The maximum absolute atomic E-state index is 10.6. The van der Waals surface area contributed by atoms with Crippen LogP contribution in [0.1, 0.15) is 5.76 Å². The molecule has 1 amide bonds. The summed E-state index contributed by atoms with van der Waals surface area (Å²) in [7, 11) is 1.30. The van der Waals surface area contributed by atoms with E-state index in [0.717, 1.165) is 0 Å². The standard InChI is InChI=1S/C8H11N3O3/c1-13-8(12)10-4-2-3-6-5-11-7(9)14-6/h2-3,5H,4H2,1H3,(H2,9,11)(H,10,12)/b3-2-. The number of nitrogens with zero attached hydrogens (tertiary/aromatic N) is 1. The number of aromatic nitrogens is 1. The summed E-state index contributed by atoms with van der Waals surface area (Å²) < 4.78 is 9.32. The van der Waals surface area contributed by atoms with E-state index in [0.29, 0.717) is 12.3 Å². The van der Waals surface area contributed by atoms with Crippen LogP contribution >= 0.6 is 0 Å². The van der Waals surface area contributed by atoms with Crippen molar-refractivity contribution in [1.82, 2.24) is 10.3 Å². The van der Waals surface area contributed by atoms with Crippen molar-refractivity contribution < 1.29 is 13.9 Å². The predicted molar refractivity (Wildman–Crippen MR) is 50.4 cm³/mol. The smallest absolute Gasteiger partial charge is 0.407 e. The molecular formula is C8H11N3O3. The second-order valence-corrected chi connectivity index (χ2v) is 2.38. The minimum absolute atomic E-state index is 0.116. The van der Waals surface area contributed by atoms with Crippen LogP contribution in [0.25, 0.3) is 6.08 Å². The minimum Gasteiger partial charge on any atom is -0.453 e. The summed E-state index contributed by atoms with van der Waals surface area (Å²) in [6, 6.07) is 0.116. The molecule has 0 saturated heterocycles. The number of alkyl carbamates (subject to hydrolysis) is 1. The average molecular weight is 197 g/mol. The van der Waals surface area contributed by atoms with Crippen molar-refractivity contribution in [2.75, 3.05) is 19.4 Å². The number of anilines is 1. The molecule has 0 aliphatic rings. The lowest BCUT2D eigenvalue weighted by atomic mass is 10.4. The monoisotopic (exact) mass is 197 g/mol. The summed E-state index contributed by atoms with van der Waals surface area (Å²) in [5, 5.41) is 2.47. The van der Waals surface area contributed by atoms with Crippen molar-refractivity contribution in [3.8, 4) is 0 Å². The van der Waals surface area contributed by atoms with Gasteiger partial charge in [0.2, 0.25) is 0 Å². The van der Waals surface area contributed by atoms with E-state index in [4.69, 9.17) is 10.2 Å². The largest absolute Gasteiger partial charge is 0.453 e. The number of nitrogens with one attached hydrogen (secondary N) is 1. The first-order valence-electron chi connectivity index (χ1n) is 3.92. The average Bonchev–Trinajstić information content (AvgIpc) is 2.58. The molecule has 1 heterocycles. The van der Waals surface area contributed by atoms with Gasteiger partial charge in [-0.25, -0.2) is 9.78 Å². The van der Waals surface area contributed by atoms with Gasteiger partial charge in [-0.3, -0.25) is 0 Å². The Bertz CT molecular complexity index is 332. The maximum Gasteiger partial charge on any atom is 0.407 e. The van der Waals surface area contributed by atoms with Crippen LogP contribution in [0.2, 0.25) is 0 Å². The van der Waals surface area contributed by atoms with Crippen LogP contribution in [0.5, 0.6) is 0 Å². The zero-order valence-corrected chi connectivity index (χ0v) is 7.69. The molecule has 0 bridgehead atoms. The van der Waals surface area contributed by atoms with Gasteiger partial charge in [-0.2, -0.15) is 0 Å². The summed E-state index contributed by atoms with van der Waals surface area (Å²) in [4.78, 5) is 14.3. The third kappa shape index (κ3) is 3.18. The molecule has 14 heavy (non-hydrogen) atoms. The molecule has 1 aromatic heterocycles. The number of hydrogen-bond acceptors (Lipinski definition) is 5. The van der Waals surface area contributed by atoms with Gasteiger partial charge in [-0.15, -0.1) is 0 Å². The molecule has 0 aromatic carbocycles. The van der Waals surface area contributed by atoms with Crippen molar-refractivity contribution in [2.24, 2.45) is 0 Å². The lowest BCUT2D eigenvalue weighted by Crippen LogP contribution is -2.22. The lowest BCUT2D eigenvalue weighted by molar-refractivity contribution is 0.172. The molecule has 0 unspecified atom stereocenters. The van der Waals surface area contributed by atoms with Crippen LogP contribution in [-0.4, -0.2) is 24.7 Å². The van der Waals surface area contributed by atoms with Crippen molar-refractivity contribution >= 4 is 18.2 Å². The molecule has 3 N–H and O–H groups in total. The Balaban J connectivity index is 2.31. The highest BCUT2D eigenvalue weighted by Crippen LogP contribution is 2.05. The number of carbonyl (C=O) groups is 1. The highest BCUT2D eigenvalue weighted by molar-refractivity contribution is 5.67. The van der Waals surface area contributed by atoms with Gasteiger partial charge in [0.15, 0.2) is 0 Å². The Labute approximate surface area is 80.7 Å². The molecule has 0 atom stereocenters. The molecule has 76 valence electrons. The summed E-state index contributed by atoms with van der Waals surface area (Å²) >= 11 is 0. The minimum atomic E-state index is -0.480. The molecule has 0 saturated carbocycles. The summed E-state index contributed by atoms with van der Waals surface area (Å²) in [5.41, 5.74) is 5.25. The van der Waals surface area contributed by atoms with Crippen molar-refractivity contribution in [1.29, 1.82) is 0 Å². The molecule has 6 heteroatoms. The van der Waals surface area contributed by atoms with Crippen molar-refractivity contribution in [3.63, 3.8) is 0 Å². The van der Waals surface area contributed by atoms with Crippen LogP contribution in [0.3, 0.4) is 0 Å². The summed E-state index contributed by atoms with van der Waals surface area (Å²) in [5.74, 6) is 0.536. The molecule has 1 rings (SSSR count). The van der Waals surface area contributed by atoms with Crippen LogP contribution in [0, 0.1) is 0 Å². The Morgan fingerprint density at radius 3 is 3.21 bits per heavy atom. The highest BCUT2D eigenvalue weighted by atomic mass is 16.5. The highest BCUT2D eigenvalue weighted by Gasteiger charge is 1.95. The van der Waals surface area contributed by atoms with E-state index in [9.17, 15) is 4.79 Å².